The highest BCUT2D eigenvalue weighted by molar-refractivity contribution is 9.10. The van der Waals surface area contributed by atoms with Gasteiger partial charge in [0.1, 0.15) is 0 Å². The van der Waals surface area contributed by atoms with E-state index < -0.39 is 0 Å². The van der Waals surface area contributed by atoms with Crippen molar-refractivity contribution in [2.24, 2.45) is 0 Å². The van der Waals surface area contributed by atoms with E-state index in [0.717, 1.165) is 18.5 Å². The average molecular weight is 357 g/mol. The monoisotopic (exact) mass is 356 g/mol. The van der Waals surface area contributed by atoms with E-state index in [0.29, 0.717) is 0 Å². The molecule has 0 unspecified atom stereocenters. The molecule has 2 aromatic carbocycles. The maximum absolute atomic E-state index is 5.73. The van der Waals surface area contributed by atoms with Crippen molar-refractivity contribution in [3.63, 3.8) is 0 Å². The molecule has 4 rings (SSSR count). The van der Waals surface area contributed by atoms with Crippen molar-refractivity contribution < 1.29 is 0 Å². The Balaban J connectivity index is 1.67. The topological polar surface area (TPSA) is 38.9 Å². The zero-order chi connectivity index (χ0) is 14.4. The zero-order valence-corrected chi connectivity index (χ0v) is 13.7. The number of fused-ring (bicyclic) bond motifs is 3. The zero-order valence-electron chi connectivity index (χ0n) is 11.3. The Bertz CT molecular complexity index is 821. The van der Waals surface area contributed by atoms with E-state index in [9.17, 15) is 0 Å². The van der Waals surface area contributed by atoms with E-state index in [1.54, 1.807) is 0 Å². The fourth-order valence-corrected chi connectivity index (χ4v) is 4.37. The lowest BCUT2D eigenvalue weighted by atomic mass is 10.1. The van der Waals surface area contributed by atoms with Crippen LogP contribution >= 0.6 is 27.3 Å². The van der Waals surface area contributed by atoms with Gasteiger partial charge in [0.15, 0.2) is 0 Å². The predicted molar refractivity (Wildman–Crippen MR) is 91.7 cm³/mol. The first-order chi connectivity index (χ1) is 10.2. The van der Waals surface area contributed by atoms with Crippen LogP contribution in [0.15, 0.2) is 46.9 Å². The molecule has 0 aliphatic heterocycles. The molecule has 1 heterocycles. The number of hydrogen-bond donors (Lipinski definition) is 1. The number of anilines is 1. The van der Waals surface area contributed by atoms with Crippen molar-refractivity contribution in [1.29, 1.82) is 0 Å². The Morgan fingerprint density at radius 2 is 1.95 bits per heavy atom. The maximum atomic E-state index is 5.73. The van der Waals surface area contributed by atoms with Crippen LogP contribution in [0, 0.1) is 0 Å². The molecule has 0 amide bonds. The lowest BCUT2D eigenvalue weighted by Gasteiger charge is -2.02. The normalized spacial score (nSPS) is 12.2. The Morgan fingerprint density at radius 3 is 2.76 bits per heavy atom. The summed E-state index contributed by atoms with van der Waals surface area (Å²) in [6.07, 6.45) is 1.87. The highest BCUT2D eigenvalue weighted by atomic mass is 79.9. The number of halogens is 1. The van der Waals surface area contributed by atoms with Crippen molar-refractivity contribution >= 4 is 33.0 Å². The molecular weight excluding hydrogens is 344 g/mol. The van der Waals surface area contributed by atoms with Crippen LogP contribution in [0.3, 0.4) is 0 Å². The van der Waals surface area contributed by atoms with Crippen LogP contribution in [0.4, 0.5) is 5.69 Å². The molecule has 0 fully saturated rings. The summed E-state index contributed by atoms with van der Waals surface area (Å²) in [7, 11) is 0. The fraction of sp³-hybridized carbons (Fsp3) is 0.118. The maximum Gasteiger partial charge on any atom is 0.0979 e. The minimum absolute atomic E-state index is 0.805. The van der Waals surface area contributed by atoms with Crippen LogP contribution < -0.4 is 5.73 Å². The Kier molecular flexibility index (Phi) is 3.08. The van der Waals surface area contributed by atoms with Gasteiger partial charge >= 0.3 is 0 Å². The minimum atomic E-state index is 0.805. The SMILES string of the molecule is Nc1ccc(Cc2nc3c(s2)Cc2c(Br)cccc2-3)cc1. The minimum Gasteiger partial charge on any atom is -0.399 e. The number of nitrogens with zero attached hydrogens (tertiary/aromatic N) is 1. The third kappa shape index (κ3) is 2.28. The highest BCUT2D eigenvalue weighted by Gasteiger charge is 2.24. The number of aromatic nitrogens is 1. The molecule has 4 heteroatoms. The molecule has 0 atom stereocenters. The Morgan fingerprint density at radius 1 is 1.14 bits per heavy atom. The molecule has 0 saturated carbocycles. The second-order valence-electron chi connectivity index (χ2n) is 5.24. The molecule has 1 aliphatic carbocycles. The van der Waals surface area contributed by atoms with Gasteiger partial charge in [0.25, 0.3) is 0 Å². The fourth-order valence-electron chi connectivity index (χ4n) is 2.74. The van der Waals surface area contributed by atoms with Gasteiger partial charge in [0.05, 0.1) is 10.7 Å². The first kappa shape index (κ1) is 13.0. The second kappa shape index (κ2) is 4.97. The van der Waals surface area contributed by atoms with Crippen LogP contribution in [0.25, 0.3) is 11.3 Å². The van der Waals surface area contributed by atoms with Crippen molar-refractivity contribution in [3.05, 3.63) is 67.9 Å². The molecule has 1 aromatic heterocycles. The molecule has 104 valence electrons. The van der Waals surface area contributed by atoms with Gasteiger partial charge in [-0.2, -0.15) is 0 Å². The summed E-state index contributed by atoms with van der Waals surface area (Å²) in [5.74, 6) is 0. The number of thiazole rings is 1. The quantitative estimate of drug-likeness (QED) is 0.531. The third-order valence-electron chi connectivity index (χ3n) is 3.79. The molecule has 0 spiro atoms. The van der Waals surface area contributed by atoms with Crippen molar-refractivity contribution in [2.45, 2.75) is 12.8 Å². The van der Waals surface area contributed by atoms with E-state index in [1.807, 2.05) is 23.5 Å². The summed E-state index contributed by atoms with van der Waals surface area (Å²) in [6.45, 7) is 0. The molecule has 0 bridgehead atoms. The summed E-state index contributed by atoms with van der Waals surface area (Å²) in [5, 5.41) is 1.18. The second-order valence-corrected chi connectivity index (χ2v) is 7.26. The first-order valence-electron chi connectivity index (χ1n) is 6.81. The largest absolute Gasteiger partial charge is 0.399 e. The summed E-state index contributed by atoms with van der Waals surface area (Å²) in [4.78, 5) is 6.23. The van der Waals surface area contributed by atoms with Crippen LogP contribution in [0.2, 0.25) is 0 Å². The molecule has 0 saturated heterocycles. The van der Waals surface area contributed by atoms with E-state index >= 15 is 0 Å². The molecule has 0 radical (unpaired) electrons. The summed E-state index contributed by atoms with van der Waals surface area (Å²) in [6, 6.07) is 14.4. The molecule has 3 aromatic rings. The van der Waals surface area contributed by atoms with E-state index in [1.165, 1.54) is 36.7 Å². The third-order valence-corrected chi connectivity index (χ3v) is 5.59. The summed E-state index contributed by atoms with van der Waals surface area (Å²) >= 11 is 5.46. The summed E-state index contributed by atoms with van der Waals surface area (Å²) < 4.78 is 1.19. The molecule has 2 N–H and O–H groups in total. The van der Waals surface area contributed by atoms with Gasteiger partial charge < -0.3 is 5.73 Å². The van der Waals surface area contributed by atoms with E-state index in [-0.39, 0.29) is 0 Å². The number of hydrogen-bond acceptors (Lipinski definition) is 3. The summed E-state index contributed by atoms with van der Waals surface area (Å²) in [5.41, 5.74) is 11.6. The van der Waals surface area contributed by atoms with E-state index in [4.69, 9.17) is 10.7 Å². The number of nitrogen functional groups attached to an aromatic ring is 1. The van der Waals surface area contributed by atoms with Crippen LogP contribution in [-0.2, 0) is 12.8 Å². The van der Waals surface area contributed by atoms with Crippen molar-refractivity contribution in [1.82, 2.24) is 4.98 Å². The van der Waals surface area contributed by atoms with Gasteiger partial charge in [-0.3, -0.25) is 0 Å². The molecule has 21 heavy (non-hydrogen) atoms. The van der Waals surface area contributed by atoms with Gasteiger partial charge in [0, 0.05) is 33.4 Å². The lowest BCUT2D eigenvalue weighted by molar-refractivity contribution is 1.14. The first-order valence-corrected chi connectivity index (χ1v) is 8.42. The van der Waals surface area contributed by atoms with Gasteiger partial charge in [-0.1, -0.05) is 40.2 Å². The lowest BCUT2D eigenvalue weighted by Crippen LogP contribution is -1.90. The van der Waals surface area contributed by atoms with Crippen LogP contribution in [0.5, 0.6) is 0 Å². The predicted octanol–water partition coefficient (Wildman–Crippen LogP) is 4.65. The van der Waals surface area contributed by atoms with Gasteiger partial charge in [-0.15, -0.1) is 11.3 Å². The number of nitrogens with two attached hydrogens (primary N) is 1. The van der Waals surface area contributed by atoms with Gasteiger partial charge in [0.2, 0.25) is 0 Å². The molecular formula is C17H13BrN2S. The number of benzene rings is 2. The molecule has 1 aliphatic rings. The van der Waals surface area contributed by atoms with Gasteiger partial charge in [-0.05, 0) is 29.3 Å². The number of rotatable bonds is 2. The highest BCUT2D eigenvalue weighted by Crippen LogP contribution is 2.42. The molecule has 2 nitrogen and oxygen atoms in total. The van der Waals surface area contributed by atoms with Gasteiger partial charge in [-0.25, -0.2) is 4.98 Å². The Labute approximate surface area is 135 Å². The standard InChI is InChI=1S/C17H13BrN2S/c18-14-3-1-2-12-13(14)9-15-17(12)20-16(21-15)8-10-4-6-11(19)7-5-10/h1-7H,8-9,19H2. The van der Waals surface area contributed by atoms with E-state index in [2.05, 4.69) is 46.3 Å². The smallest absolute Gasteiger partial charge is 0.0979 e. The Hall–Kier alpha value is -1.65. The average Bonchev–Trinajstić information content (AvgIpc) is 3.00. The van der Waals surface area contributed by atoms with Crippen molar-refractivity contribution in [2.75, 3.05) is 5.73 Å². The van der Waals surface area contributed by atoms with Crippen LogP contribution in [0.1, 0.15) is 21.0 Å². The van der Waals surface area contributed by atoms with Crippen LogP contribution in [-0.4, -0.2) is 4.98 Å². The van der Waals surface area contributed by atoms with Crippen molar-refractivity contribution in [3.8, 4) is 11.3 Å².